The number of imidazole rings is 1. The Morgan fingerprint density at radius 3 is 3.15 bits per heavy atom. The smallest absolute Gasteiger partial charge is 0.256 e. The molecular formula is C14H18N4O2. The maximum atomic E-state index is 12.7. The van der Waals surface area contributed by atoms with E-state index in [4.69, 9.17) is 4.74 Å². The van der Waals surface area contributed by atoms with Crippen molar-refractivity contribution < 1.29 is 9.53 Å². The van der Waals surface area contributed by atoms with Crippen LogP contribution in [-0.4, -0.2) is 51.6 Å². The van der Waals surface area contributed by atoms with Crippen LogP contribution in [0, 0.1) is 5.92 Å². The molecule has 2 aromatic heterocycles. The largest absolute Gasteiger partial charge is 0.379 e. The molecule has 0 saturated carbocycles. The highest BCUT2D eigenvalue weighted by atomic mass is 16.5. The first-order valence-corrected chi connectivity index (χ1v) is 6.80. The summed E-state index contributed by atoms with van der Waals surface area (Å²) in [7, 11) is 1.87. The molecule has 1 aliphatic rings. The first kappa shape index (κ1) is 13.1. The van der Waals surface area contributed by atoms with Crippen molar-refractivity contribution in [3.05, 3.63) is 24.2 Å². The molecule has 1 aliphatic heterocycles. The zero-order valence-electron chi connectivity index (χ0n) is 11.7. The number of nitrogens with zero attached hydrogens (tertiary/aromatic N) is 4. The number of carbonyl (C=O) groups excluding carboxylic acids is 1. The molecule has 2 aromatic rings. The lowest BCUT2D eigenvalue weighted by atomic mass is 10.1. The summed E-state index contributed by atoms with van der Waals surface area (Å²) < 4.78 is 7.31. The van der Waals surface area contributed by atoms with E-state index in [1.165, 1.54) is 0 Å². The average Bonchev–Trinajstić information content (AvgIpc) is 2.69. The Labute approximate surface area is 117 Å². The molecule has 1 atom stereocenters. The summed E-state index contributed by atoms with van der Waals surface area (Å²) >= 11 is 0. The number of hydrogen-bond acceptors (Lipinski definition) is 4. The molecular weight excluding hydrogens is 256 g/mol. The summed E-state index contributed by atoms with van der Waals surface area (Å²) in [6.45, 7) is 4.73. The lowest BCUT2D eigenvalue weighted by molar-refractivity contribution is 0.0740. The van der Waals surface area contributed by atoms with Crippen molar-refractivity contribution in [1.29, 1.82) is 0 Å². The van der Waals surface area contributed by atoms with Gasteiger partial charge in [-0.25, -0.2) is 9.97 Å². The number of hydrogen-bond donors (Lipinski definition) is 0. The molecule has 3 rings (SSSR count). The number of carbonyl (C=O) groups is 1. The molecule has 0 aliphatic carbocycles. The molecule has 1 saturated heterocycles. The first-order chi connectivity index (χ1) is 9.66. The van der Waals surface area contributed by atoms with Crippen LogP contribution in [0.15, 0.2) is 18.6 Å². The monoisotopic (exact) mass is 274 g/mol. The van der Waals surface area contributed by atoms with Gasteiger partial charge in [0, 0.05) is 26.3 Å². The quantitative estimate of drug-likeness (QED) is 0.780. The van der Waals surface area contributed by atoms with Crippen molar-refractivity contribution >= 4 is 17.1 Å². The number of rotatable bonds is 1. The van der Waals surface area contributed by atoms with Gasteiger partial charge in [-0.1, -0.05) is 6.92 Å². The minimum atomic E-state index is 0.00782. The van der Waals surface area contributed by atoms with E-state index >= 15 is 0 Å². The fraction of sp³-hybridized carbons (Fsp3) is 0.500. The predicted octanol–water partition coefficient (Wildman–Crippen LogP) is 1.08. The van der Waals surface area contributed by atoms with E-state index in [0.717, 1.165) is 12.2 Å². The second kappa shape index (κ2) is 5.20. The molecule has 20 heavy (non-hydrogen) atoms. The molecule has 1 unspecified atom stereocenters. The van der Waals surface area contributed by atoms with Crippen LogP contribution in [0.2, 0.25) is 0 Å². The first-order valence-electron chi connectivity index (χ1n) is 6.80. The van der Waals surface area contributed by atoms with Gasteiger partial charge < -0.3 is 14.2 Å². The van der Waals surface area contributed by atoms with Crippen LogP contribution in [-0.2, 0) is 11.8 Å². The van der Waals surface area contributed by atoms with Gasteiger partial charge in [-0.2, -0.15) is 0 Å². The van der Waals surface area contributed by atoms with Crippen LogP contribution in [0.4, 0.5) is 0 Å². The van der Waals surface area contributed by atoms with E-state index in [9.17, 15) is 4.79 Å². The van der Waals surface area contributed by atoms with Crippen LogP contribution in [0.3, 0.4) is 0 Å². The number of aryl methyl sites for hydroxylation is 1. The molecule has 6 nitrogen and oxygen atoms in total. The van der Waals surface area contributed by atoms with Crippen molar-refractivity contribution in [3.8, 4) is 0 Å². The topological polar surface area (TPSA) is 60.2 Å². The number of pyridine rings is 1. The molecule has 6 heteroatoms. The van der Waals surface area contributed by atoms with E-state index in [1.54, 1.807) is 18.6 Å². The number of ether oxygens (including phenoxy) is 1. The highest BCUT2D eigenvalue weighted by Crippen LogP contribution is 2.17. The summed E-state index contributed by atoms with van der Waals surface area (Å²) in [6, 6.07) is 1.74. The van der Waals surface area contributed by atoms with Crippen molar-refractivity contribution in [2.75, 3.05) is 26.3 Å². The second-order valence-corrected chi connectivity index (χ2v) is 5.32. The Balaban J connectivity index is 1.95. The molecule has 3 heterocycles. The van der Waals surface area contributed by atoms with Gasteiger partial charge in [0.05, 0.1) is 25.1 Å². The normalized spacial score (nSPS) is 20.1. The summed E-state index contributed by atoms with van der Waals surface area (Å²) in [5.41, 5.74) is 2.01. The van der Waals surface area contributed by atoms with Gasteiger partial charge in [0.1, 0.15) is 5.52 Å². The Morgan fingerprint density at radius 1 is 1.45 bits per heavy atom. The maximum absolute atomic E-state index is 12.7. The van der Waals surface area contributed by atoms with Gasteiger partial charge in [-0.05, 0) is 12.0 Å². The SMILES string of the molecule is CC1COCCN(C(=O)c2ccnc3c2ncn3C)C1. The van der Waals surface area contributed by atoms with Gasteiger partial charge in [-0.15, -0.1) is 0 Å². The Hall–Kier alpha value is -1.95. The Morgan fingerprint density at radius 2 is 2.30 bits per heavy atom. The van der Waals surface area contributed by atoms with Crippen molar-refractivity contribution in [1.82, 2.24) is 19.4 Å². The molecule has 0 radical (unpaired) electrons. The number of amides is 1. The third-order valence-electron chi connectivity index (χ3n) is 3.56. The van der Waals surface area contributed by atoms with Gasteiger partial charge in [-0.3, -0.25) is 4.79 Å². The van der Waals surface area contributed by atoms with E-state index in [1.807, 2.05) is 16.5 Å². The predicted molar refractivity (Wildman–Crippen MR) is 74.4 cm³/mol. The van der Waals surface area contributed by atoms with E-state index in [2.05, 4.69) is 16.9 Å². The van der Waals surface area contributed by atoms with Crippen LogP contribution in [0.5, 0.6) is 0 Å². The molecule has 106 valence electrons. The van der Waals surface area contributed by atoms with Crippen LogP contribution in [0.25, 0.3) is 11.2 Å². The number of aromatic nitrogens is 3. The molecule has 0 bridgehead atoms. The molecule has 0 spiro atoms. The summed E-state index contributed by atoms with van der Waals surface area (Å²) in [6.07, 6.45) is 3.34. The molecule has 1 fully saturated rings. The number of fused-ring (bicyclic) bond motifs is 1. The van der Waals surface area contributed by atoms with Gasteiger partial charge in [0.15, 0.2) is 5.65 Å². The van der Waals surface area contributed by atoms with Gasteiger partial charge in [0.2, 0.25) is 0 Å². The fourth-order valence-corrected chi connectivity index (χ4v) is 2.53. The minimum Gasteiger partial charge on any atom is -0.379 e. The van der Waals surface area contributed by atoms with Crippen molar-refractivity contribution in [2.45, 2.75) is 6.92 Å². The summed E-state index contributed by atoms with van der Waals surface area (Å²) in [4.78, 5) is 23.1. The highest BCUT2D eigenvalue weighted by molar-refractivity contribution is 6.04. The summed E-state index contributed by atoms with van der Waals surface area (Å²) in [5.74, 6) is 0.357. The molecule has 0 N–H and O–H groups in total. The van der Waals surface area contributed by atoms with E-state index in [0.29, 0.717) is 36.8 Å². The third kappa shape index (κ3) is 2.27. The van der Waals surface area contributed by atoms with Crippen LogP contribution < -0.4 is 0 Å². The third-order valence-corrected chi connectivity index (χ3v) is 3.56. The van der Waals surface area contributed by atoms with E-state index in [-0.39, 0.29) is 5.91 Å². The standard InChI is InChI=1S/C14H18N4O2/c1-10-7-18(5-6-20-8-10)14(19)11-3-4-15-13-12(11)16-9-17(13)2/h3-4,9-10H,5-8H2,1-2H3. The van der Waals surface area contributed by atoms with Gasteiger partial charge in [0.25, 0.3) is 5.91 Å². The lowest BCUT2D eigenvalue weighted by Gasteiger charge is -2.21. The van der Waals surface area contributed by atoms with Crippen molar-refractivity contribution in [3.63, 3.8) is 0 Å². The van der Waals surface area contributed by atoms with E-state index < -0.39 is 0 Å². The Bertz CT molecular complexity index is 637. The Kier molecular flexibility index (Phi) is 3.40. The van der Waals surface area contributed by atoms with Gasteiger partial charge >= 0.3 is 0 Å². The summed E-state index contributed by atoms with van der Waals surface area (Å²) in [5, 5.41) is 0. The zero-order chi connectivity index (χ0) is 14.1. The second-order valence-electron chi connectivity index (χ2n) is 5.32. The lowest BCUT2D eigenvalue weighted by Crippen LogP contribution is -2.35. The zero-order valence-corrected chi connectivity index (χ0v) is 11.7. The highest BCUT2D eigenvalue weighted by Gasteiger charge is 2.23. The average molecular weight is 274 g/mol. The van der Waals surface area contributed by atoms with Crippen LogP contribution in [0.1, 0.15) is 17.3 Å². The minimum absolute atomic E-state index is 0.00782. The van der Waals surface area contributed by atoms with Crippen LogP contribution >= 0.6 is 0 Å². The fourth-order valence-electron chi connectivity index (χ4n) is 2.53. The molecule has 1 amide bonds. The maximum Gasteiger partial charge on any atom is 0.256 e. The molecule has 0 aromatic carbocycles. The van der Waals surface area contributed by atoms with Crippen molar-refractivity contribution in [2.24, 2.45) is 13.0 Å².